The molecule has 6 heteroatoms. The van der Waals surface area contributed by atoms with E-state index in [9.17, 15) is 0 Å². The predicted octanol–water partition coefficient (Wildman–Crippen LogP) is 4.86. The van der Waals surface area contributed by atoms with Gasteiger partial charge in [0.15, 0.2) is 5.82 Å². The van der Waals surface area contributed by atoms with Crippen molar-refractivity contribution in [2.75, 3.05) is 11.9 Å². The lowest BCUT2D eigenvalue weighted by Crippen LogP contribution is -2.13. The van der Waals surface area contributed by atoms with E-state index < -0.39 is 0 Å². The minimum Gasteiger partial charge on any atom is -0.367 e. The topological polar surface area (TPSA) is 68.0 Å². The molecule has 0 aliphatic carbocycles. The minimum atomic E-state index is 0.249. The van der Waals surface area contributed by atoms with Crippen molar-refractivity contribution in [1.29, 1.82) is 0 Å². The first-order valence-corrected chi connectivity index (χ1v) is 9.91. The smallest absolute Gasteiger partial charge is 0.161 e. The molecule has 150 valence electrons. The van der Waals surface area contributed by atoms with Crippen LogP contribution in [0.15, 0.2) is 53.9 Å². The van der Waals surface area contributed by atoms with E-state index in [0.29, 0.717) is 5.82 Å². The molecule has 3 rings (SSSR count). The minimum absolute atomic E-state index is 0.249. The average Bonchev–Trinajstić information content (AvgIpc) is 3.14. The molecule has 0 atom stereocenters. The molecule has 6 nitrogen and oxygen atoms in total. The lowest BCUT2D eigenvalue weighted by Gasteiger charge is -2.14. The molecular formula is C23H28N6. The normalized spacial score (nSPS) is 12.1. The zero-order valence-electron chi connectivity index (χ0n) is 17.7. The van der Waals surface area contributed by atoms with Crippen LogP contribution in [0, 0.1) is 0 Å². The van der Waals surface area contributed by atoms with Crippen molar-refractivity contribution >= 4 is 17.6 Å². The Bertz CT molecular complexity index is 1030. The van der Waals surface area contributed by atoms with E-state index in [4.69, 9.17) is 4.98 Å². The third-order valence-corrected chi connectivity index (χ3v) is 4.41. The summed E-state index contributed by atoms with van der Waals surface area (Å²) in [6.07, 6.45) is 9.64. The van der Waals surface area contributed by atoms with Gasteiger partial charge in [0.25, 0.3) is 0 Å². The van der Waals surface area contributed by atoms with Gasteiger partial charge in [-0.15, -0.1) is 0 Å². The highest BCUT2D eigenvalue weighted by Crippen LogP contribution is 2.29. The van der Waals surface area contributed by atoms with Gasteiger partial charge in [0.2, 0.25) is 0 Å². The molecule has 2 heterocycles. The first-order chi connectivity index (χ1) is 14.0. The van der Waals surface area contributed by atoms with Crippen molar-refractivity contribution in [3.63, 3.8) is 0 Å². The van der Waals surface area contributed by atoms with Crippen LogP contribution in [0.1, 0.15) is 33.3 Å². The maximum Gasteiger partial charge on any atom is 0.161 e. The summed E-state index contributed by atoms with van der Waals surface area (Å²) in [5, 5.41) is 7.72. The van der Waals surface area contributed by atoms with Crippen LogP contribution in [-0.4, -0.2) is 38.5 Å². The SMILES string of the molecule is C/C=C(\C=N/CC)c1cccc(-c2ncc(-c3cnn(C)c3)c(NC(C)C)n2)c1. The van der Waals surface area contributed by atoms with Crippen LogP contribution in [-0.2, 0) is 7.05 Å². The molecule has 2 aromatic heterocycles. The average molecular weight is 389 g/mol. The van der Waals surface area contributed by atoms with Gasteiger partial charge in [-0.2, -0.15) is 5.10 Å². The largest absolute Gasteiger partial charge is 0.367 e. The highest BCUT2D eigenvalue weighted by molar-refractivity contribution is 6.09. The van der Waals surface area contributed by atoms with E-state index in [1.807, 2.05) is 57.8 Å². The molecule has 1 N–H and O–H groups in total. The molecule has 3 aromatic rings. The summed E-state index contributed by atoms with van der Waals surface area (Å²) in [7, 11) is 1.90. The molecule has 0 bridgehead atoms. The molecule has 1 aromatic carbocycles. The van der Waals surface area contributed by atoms with E-state index in [2.05, 4.69) is 52.4 Å². The molecule has 0 unspecified atom stereocenters. The highest BCUT2D eigenvalue weighted by Gasteiger charge is 2.13. The second-order valence-corrected chi connectivity index (χ2v) is 7.11. The lowest BCUT2D eigenvalue weighted by molar-refractivity contribution is 0.768. The Hall–Kier alpha value is -3.28. The molecule has 0 amide bonds. The summed E-state index contributed by atoms with van der Waals surface area (Å²) >= 11 is 0. The van der Waals surface area contributed by atoms with Gasteiger partial charge in [-0.05, 0) is 44.9 Å². The van der Waals surface area contributed by atoms with Crippen LogP contribution in [0.2, 0.25) is 0 Å². The summed E-state index contributed by atoms with van der Waals surface area (Å²) in [6.45, 7) is 9.01. The molecule has 0 saturated carbocycles. The third kappa shape index (κ3) is 4.96. The zero-order chi connectivity index (χ0) is 20.8. The van der Waals surface area contributed by atoms with Crippen molar-refractivity contribution in [2.24, 2.45) is 12.0 Å². The van der Waals surface area contributed by atoms with Gasteiger partial charge in [-0.25, -0.2) is 9.97 Å². The van der Waals surface area contributed by atoms with Crippen molar-refractivity contribution in [3.8, 4) is 22.5 Å². The van der Waals surface area contributed by atoms with Crippen LogP contribution in [0.5, 0.6) is 0 Å². The summed E-state index contributed by atoms with van der Waals surface area (Å²) in [4.78, 5) is 13.9. The Balaban J connectivity index is 2.03. The van der Waals surface area contributed by atoms with Gasteiger partial charge in [0, 0.05) is 54.9 Å². The molecule has 0 aliphatic heterocycles. The van der Waals surface area contributed by atoms with Crippen molar-refractivity contribution < 1.29 is 0 Å². The number of aromatic nitrogens is 4. The Morgan fingerprint density at radius 2 is 2.07 bits per heavy atom. The number of benzene rings is 1. The second-order valence-electron chi connectivity index (χ2n) is 7.11. The zero-order valence-corrected chi connectivity index (χ0v) is 17.7. The van der Waals surface area contributed by atoms with E-state index in [1.165, 1.54) is 0 Å². The van der Waals surface area contributed by atoms with Crippen LogP contribution in [0.4, 0.5) is 5.82 Å². The number of allylic oxidation sites excluding steroid dienone is 2. The number of aryl methyl sites for hydroxylation is 1. The Labute approximate surface area is 172 Å². The van der Waals surface area contributed by atoms with E-state index >= 15 is 0 Å². The number of anilines is 1. The molecule has 0 saturated heterocycles. The molecule has 0 radical (unpaired) electrons. The van der Waals surface area contributed by atoms with Gasteiger partial charge in [-0.1, -0.05) is 24.3 Å². The number of nitrogens with one attached hydrogen (secondary N) is 1. The van der Waals surface area contributed by atoms with Crippen LogP contribution < -0.4 is 5.32 Å². The van der Waals surface area contributed by atoms with Gasteiger partial charge < -0.3 is 5.32 Å². The standard InChI is InChI=1S/C23H28N6/c1-6-17(12-24-7-2)18-9-8-10-19(11-18)22-25-14-21(20-13-26-29(5)15-20)23(28-22)27-16(3)4/h6,8-16H,7H2,1-5H3,(H,25,27,28)/b17-6+,24-12-. The van der Waals surface area contributed by atoms with E-state index in [-0.39, 0.29) is 6.04 Å². The number of nitrogens with zero attached hydrogens (tertiary/aromatic N) is 5. The summed E-state index contributed by atoms with van der Waals surface area (Å²) in [5.74, 6) is 1.49. The van der Waals surface area contributed by atoms with E-state index in [1.54, 1.807) is 4.68 Å². The number of hydrogen-bond donors (Lipinski definition) is 1. The van der Waals surface area contributed by atoms with Crippen molar-refractivity contribution in [2.45, 2.75) is 33.7 Å². The van der Waals surface area contributed by atoms with Crippen molar-refractivity contribution in [3.05, 3.63) is 54.5 Å². The third-order valence-electron chi connectivity index (χ3n) is 4.41. The first kappa shape index (κ1) is 20.5. The quantitative estimate of drug-likeness (QED) is 0.587. The molecule has 0 spiro atoms. The Morgan fingerprint density at radius 1 is 1.24 bits per heavy atom. The van der Waals surface area contributed by atoms with Gasteiger partial charge in [0.05, 0.1) is 6.20 Å². The maximum atomic E-state index is 4.84. The van der Waals surface area contributed by atoms with Crippen LogP contribution in [0.3, 0.4) is 0 Å². The van der Waals surface area contributed by atoms with E-state index in [0.717, 1.165) is 40.2 Å². The van der Waals surface area contributed by atoms with Gasteiger partial charge in [-0.3, -0.25) is 9.67 Å². The number of rotatable bonds is 7. The summed E-state index contributed by atoms with van der Waals surface area (Å²) in [5.41, 5.74) is 5.08. The predicted molar refractivity (Wildman–Crippen MR) is 121 cm³/mol. The molecular weight excluding hydrogens is 360 g/mol. The van der Waals surface area contributed by atoms with Crippen molar-refractivity contribution in [1.82, 2.24) is 19.7 Å². The lowest BCUT2D eigenvalue weighted by atomic mass is 10.0. The second kappa shape index (κ2) is 9.28. The molecule has 29 heavy (non-hydrogen) atoms. The van der Waals surface area contributed by atoms with Gasteiger partial charge >= 0.3 is 0 Å². The monoisotopic (exact) mass is 388 g/mol. The Kier molecular flexibility index (Phi) is 6.54. The fourth-order valence-electron chi connectivity index (χ4n) is 3.02. The highest BCUT2D eigenvalue weighted by atomic mass is 15.2. The molecule has 0 fully saturated rings. The summed E-state index contributed by atoms with van der Waals surface area (Å²) in [6, 6.07) is 8.50. The molecule has 0 aliphatic rings. The van der Waals surface area contributed by atoms with Crippen LogP contribution in [0.25, 0.3) is 28.1 Å². The number of hydrogen-bond acceptors (Lipinski definition) is 5. The number of aliphatic imine (C=N–C) groups is 1. The fourth-order valence-corrected chi connectivity index (χ4v) is 3.02. The Morgan fingerprint density at radius 3 is 2.72 bits per heavy atom. The van der Waals surface area contributed by atoms with Crippen LogP contribution >= 0.6 is 0 Å². The maximum absolute atomic E-state index is 4.84. The fraction of sp³-hybridized carbons (Fsp3) is 0.304. The summed E-state index contributed by atoms with van der Waals surface area (Å²) < 4.78 is 1.78. The first-order valence-electron chi connectivity index (χ1n) is 9.91. The van der Waals surface area contributed by atoms with Gasteiger partial charge in [0.1, 0.15) is 5.82 Å².